The molecular formula is C7H12BrNO3S. The van der Waals surface area contributed by atoms with Gasteiger partial charge in [-0.2, -0.15) is 0 Å². The molecule has 0 aromatic heterocycles. The van der Waals surface area contributed by atoms with E-state index in [1.807, 2.05) is 13.8 Å². The molecule has 0 rings (SSSR count). The van der Waals surface area contributed by atoms with Crippen LogP contribution in [-0.2, 0) is 4.74 Å². The highest BCUT2D eigenvalue weighted by Crippen LogP contribution is 2.06. The van der Waals surface area contributed by atoms with E-state index in [0.717, 1.165) is 4.90 Å². The second kappa shape index (κ2) is 6.26. The zero-order valence-corrected chi connectivity index (χ0v) is 9.97. The van der Waals surface area contributed by atoms with Crippen LogP contribution in [0.1, 0.15) is 13.8 Å². The van der Waals surface area contributed by atoms with Crippen molar-refractivity contribution in [2.24, 2.45) is 5.92 Å². The molecule has 0 atom stereocenters. The molecule has 0 aliphatic rings. The van der Waals surface area contributed by atoms with Crippen LogP contribution in [0.2, 0.25) is 0 Å². The first kappa shape index (κ1) is 12.8. The van der Waals surface area contributed by atoms with Crippen molar-refractivity contribution in [3.05, 3.63) is 0 Å². The summed E-state index contributed by atoms with van der Waals surface area (Å²) in [5.41, 5.74) is 0. The lowest BCUT2D eigenvalue weighted by molar-refractivity contribution is 0.128. The monoisotopic (exact) mass is 269 g/mol. The van der Waals surface area contributed by atoms with Crippen molar-refractivity contribution >= 4 is 39.5 Å². The molecule has 0 radical (unpaired) electrons. The van der Waals surface area contributed by atoms with Crippen LogP contribution >= 0.6 is 28.6 Å². The van der Waals surface area contributed by atoms with Gasteiger partial charge < -0.3 is 4.74 Å². The van der Waals surface area contributed by atoms with Crippen LogP contribution in [0.5, 0.6) is 0 Å². The van der Waals surface area contributed by atoms with Crippen LogP contribution in [0.25, 0.3) is 0 Å². The zero-order chi connectivity index (χ0) is 10.4. The van der Waals surface area contributed by atoms with Crippen LogP contribution < -0.4 is 0 Å². The minimum Gasteiger partial charge on any atom is -0.438 e. The van der Waals surface area contributed by atoms with E-state index in [1.54, 1.807) is 0 Å². The lowest BCUT2D eigenvalue weighted by Gasteiger charge is -2.18. The molecule has 0 aliphatic carbocycles. The molecule has 13 heavy (non-hydrogen) atoms. The highest BCUT2D eigenvalue weighted by atomic mass is 79.9. The van der Waals surface area contributed by atoms with Gasteiger partial charge in [0.2, 0.25) is 0 Å². The summed E-state index contributed by atoms with van der Waals surface area (Å²) in [6.07, 6.45) is -0.675. The fraction of sp³-hybridized carbons (Fsp3) is 0.714. The summed E-state index contributed by atoms with van der Waals surface area (Å²) < 4.78 is 4.57. The second-order valence-electron chi connectivity index (χ2n) is 2.80. The van der Waals surface area contributed by atoms with Gasteiger partial charge in [-0.05, 0) is 5.92 Å². The molecule has 0 spiro atoms. The van der Waals surface area contributed by atoms with E-state index in [4.69, 9.17) is 0 Å². The standard InChI is InChI=1S/C7H12BrNO3S/c1-5(2)3-9(6(8)10)7(11)12-4-13/h5,13H,3-4H2,1-2H3. The van der Waals surface area contributed by atoms with Gasteiger partial charge in [-0.15, -0.1) is 12.6 Å². The van der Waals surface area contributed by atoms with E-state index in [0.29, 0.717) is 6.54 Å². The van der Waals surface area contributed by atoms with Crippen molar-refractivity contribution in [2.45, 2.75) is 13.8 Å². The topological polar surface area (TPSA) is 46.6 Å². The molecule has 6 heteroatoms. The van der Waals surface area contributed by atoms with E-state index < -0.39 is 10.9 Å². The molecule has 0 aromatic rings. The van der Waals surface area contributed by atoms with Crippen molar-refractivity contribution in [1.29, 1.82) is 0 Å². The normalized spacial score (nSPS) is 9.92. The summed E-state index contributed by atoms with van der Waals surface area (Å²) >= 11 is 6.42. The second-order valence-corrected chi connectivity index (χ2v) is 3.73. The van der Waals surface area contributed by atoms with Crippen LogP contribution in [0.15, 0.2) is 0 Å². The maximum Gasteiger partial charge on any atom is 0.418 e. The number of hydrogen-bond acceptors (Lipinski definition) is 4. The summed E-state index contributed by atoms with van der Waals surface area (Å²) in [7, 11) is 0. The van der Waals surface area contributed by atoms with Crippen LogP contribution in [-0.4, -0.2) is 28.3 Å². The predicted molar refractivity (Wildman–Crippen MR) is 56.2 cm³/mol. The van der Waals surface area contributed by atoms with Gasteiger partial charge in [0.15, 0.2) is 0 Å². The molecular weight excluding hydrogens is 258 g/mol. The Bertz CT molecular complexity index is 198. The summed E-state index contributed by atoms with van der Waals surface area (Å²) in [4.78, 5) is 22.5. The molecule has 0 saturated heterocycles. The maximum absolute atomic E-state index is 11.1. The van der Waals surface area contributed by atoms with Gasteiger partial charge in [-0.3, -0.25) is 4.79 Å². The predicted octanol–water partition coefficient (Wildman–Crippen LogP) is 2.48. The molecule has 0 aliphatic heterocycles. The van der Waals surface area contributed by atoms with Crippen molar-refractivity contribution < 1.29 is 14.3 Å². The minimum atomic E-state index is -0.675. The van der Waals surface area contributed by atoms with Crippen LogP contribution in [0.4, 0.5) is 9.59 Å². The van der Waals surface area contributed by atoms with Crippen molar-refractivity contribution in [2.75, 3.05) is 12.5 Å². The summed E-state index contributed by atoms with van der Waals surface area (Å²) in [5, 5.41) is 0. The van der Waals surface area contributed by atoms with Gasteiger partial charge in [-0.1, -0.05) is 13.8 Å². The molecule has 76 valence electrons. The molecule has 0 fully saturated rings. The van der Waals surface area contributed by atoms with Crippen molar-refractivity contribution in [1.82, 2.24) is 4.90 Å². The fourth-order valence-corrected chi connectivity index (χ4v) is 1.12. The summed E-state index contributed by atoms with van der Waals surface area (Å²) in [6.45, 7) is 4.13. The highest BCUT2D eigenvalue weighted by molar-refractivity contribution is 9.18. The van der Waals surface area contributed by atoms with Gasteiger partial charge in [-0.25, -0.2) is 9.69 Å². The third-order valence-electron chi connectivity index (χ3n) is 1.17. The average molecular weight is 270 g/mol. The molecule has 4 nitrogen and oxygen atoms in total. The van der Waals surface area contributed by atoms with E-state index in [9.17, 15) is 9.59 Å². The first-order valence-electron chi connectivity index (χ1n) is 3.73. The maximum atomic E-state index is 11.1. The Morgan fingerprint density at radius 2 is 2.08 bits per heavy atom. The number of hydrogen-bond donors (Lipinski definition) is 1. The number of nitrogens with zero attached hydrogens (tertiary/aromatic N) is 1. The quantitative estimate of drug-likeness (QED) is 0.371. The lowest BCUT2D eigenvalue weighted by atomic mass is 10.2. The number of thiol groups is 1. The van der Waals surface area contributed by atoms with E-state index in [1.165, 1.54) is 0 Å². The van der Waals surface area contributed by atoms with Crippen molar-refractivity contribution in [3.63, 3.8) is 0 Å². The number of rotatable bonds is 3. The summed E-state index contributed by atoms with van der Waals surface area (Å²) in [5.74, 6) is 0.169. The van der Waals surface area contributed by atoms with Gasteiger partial charge in [0, 0.05) is 22.5 Å². The number of carbonyl (C=O) groups is 2. The largest absolute Gasteiger partial charge is 0.438 e. The van der Waals surface area contributed by atoms with Crippen LogP contribution in [0, 0.1) is 5.92 Å². The molecule has 0 unspecified atom stereocenters. The summed E-state index contributed by atoms with van der Waals surface area (Å²) in [6, 6.07) is 0. The molecule has 2 amide bonds. The lowest BCUT2D eigenvalue weighted by Crippen LogP contribution is -2.36. The molecule has 0 bridgehead atoms. The fourth-order valence-electron chi connectivity index (χ4n) is 0.716. The SMILES string of the molecule is CC(C)CN(C(=O)Br)C(=O)OCS. The van der Waals surface area contributed by atoms with Crippen LogP contribution in [0.3, 0.4) is 0 Å². The Morgan fingerprint density at radius 1 is 1.54 bits per heavy atom. The minimum absolute atomic E-state index is 0.0340. The average Bonchev–Trinajstić information content (AvgIpc) is 1.99. The first-order chi connectivity index (χ1) is 5.99. The first-order valence-corrected chi connectivity index (χ1v) is 5.16. The van der Waals surface area contributed by atoms with E-state index >= 15 is 0 Å². The number of amides is 2. The molecule has 0 N–H and O–H groups in total. The highest BCUT2D eigenvalue weighted by Gasteiger charge is 2.21. The number of ether oxygens (including phenoxy) is 1. The Kier molecular flexibility index (Phi) is 6.15. The van der Waals surface area contributed by atoms with Gasteiger partial charge >= 0.3 is 6.09 Å². The number of imide groups is 1. The Labute approximate surface area is 91.1 Å². The zero-order valence-electron chi connectivity index (χ0n) is 7.49. The smallest absolute Gasteiger partial charge is 0.418 e. The Balaban J connectivity index is 4.24. The molecule has 0 aromatic carbocycles. The third kappa shape index (κ3) is 5.15. The molecule has 0 heterocycles. The Hall–Kier alpha value is -0.230. The van der Waals surface area contributed by atoms with Crippen molar-refractivity contribution in [3.8, 4) is 0 Å². The van der Waals surface area contributed by atoms with Gasteiger partial charge in [0.1, 0.15) is 5.94 Å². The van der Waals surface area contributed by atoms with E-state index in [-0.39, 0.29) is 11.9 Å². The number of carbonyl (C=O) groups excluding carboxylic acids is 2. The van der Waals surface area contributed by atoms with Gasteiger partial charge in [0.05, 0.1) is 0 Å². The van der Waals surface area contributed by atoms with E-state index in [2.05, 4.69) is 33.3 Å². The Morgan fingerprint density at radius 3 is 2.38 bits per heavy atom. The molecule has 0 saturated carbocycles. The number of halogens is 1. The third-order valence-corrected chi connectivity index (χ3v) is 1.73. The van der Waals surface area contributed by atoms with Gasteiger partial charge in [0.25, 0.3) is 4.82 Å².